The van der Waals surface area contributed by atoms with Crippen LogP contribution in [0, 0.1) is 0 Å². The highest BCUT2D eigenvalue weighted by Crippen LogP contribution is 2.14. The quantitative estimate of drug-likeness (QED) is 0.755. The summed E-state index contributed by atoms with van der Waals surface area (Å²) in [6.45, 7) is 0.250. The number of aromatic nitrogens is 1. The summed E-state index contributed by atoms with van der Waals surface area (Å²) in [5, 5.41) is 0.482. The van der Waals surface area contributed by atoms with Gasteiger partial charge in [-0.1, -0.05) is 11.6 Å². The van der Waals surface area contributed by atoms with Crippen LogP contribution in [0.4, 0.5) is 0 Å². The first kappa shape index (κ1) is 18.5. The highest BCUT2D eigenvalue weighted by atomic mass is 35.5. The molecule has 0 bridgehead atoms. The first-order valence-electron chi connectivity index (χ1n) is 7.29. The lowest BCUT2D eigenvalue weighted by Crippen LogP contribution is -2.26. The molecule has 1 aromatic carbocycles. The summed E-state index contributed by atoms with van der Waals surface area (Å²) < 4.78 is 33.4. The third kappa shape index (κ3) is 4.59. The maximum atomic E-state index is 12.2. The van der Waals surface area contributed by atoms with Gasteiger partial charge >= 0.3 is 5.97 Å². The Hall–Kier alpha value is -1.83. The van der Waals surface area contributed by atoms with Crippen LogP contribution in [0.5, 0.6) is 0 Å². The van der Waals surface area contributed by atoms with E-state index in [1.165, 1.54) is 31.4 Å². The van der Waals surface area contributed by atoms with E-state index in [1.54, 1.807) is 0 Å². The highest BCUT2D eigenvalue weighted by molar-refractivity contribution is 7.89. The number of hydrogen-bond acceptors (Lipinski definition) is 4. The predicted molar refractivity (Wildman–Crippen MR) is 91.5 cm³/mol. The van der Waals surface area contributed by atoms with Crippen molar-refractivity contribution in [1.82, 2.24) is 9.29 Å². The molecule has 1 aromatic heterocycles. The van der Waals surface area contributed by atoms with E-state index >= 15 is 0 Å². The lowest BCUT2D eigenvalue weighted by Gasteiger charge is -2.09. The van der Waals surface area contributed by atoms with Gasteiger partial charge in [-0.15, -0.1) is 0 Å². The van der Waals surface area contributed by atoms with E-state index in [1.807, 2.05) is 23.7 Å². The number of hydrogen-bond donors (Lipinski definition) is 1. The Morgan fingerprint density at radius 3 is 2.42 bits per heavy atom. The van der Waals surface area contributed by atoms with Crippen molar-refractivity contribution in [2.24, 2.45) is 7.05 Å². The molecule has 130 valence electrons. The van der Waals surface area contributed by atoms with Crippen LogP contribution in [-0.4, -0.2) is 32.6 Å². The topological polar surface area (TPSA) is 77.4 Å². The first-order valence-corrected chi connectivity index (χ1v) is 9.15. The Balaban J connectivity index is 1.97. The molecule has 0 saturated heterocycles. The molecule has 2 rings (SSSR count). The molecule has 0 unspecified atom stereocenters. The van der Waals surface area contributed by atoms with E-state index < -0.39 is 10.0 Å². The van der Waals surface area contributed by atoms with Crippen LogP contribution >= 0.6 is 11.6 Å². The molecule has 0 saturated carbocycles. The monoisotopic (exact) mass is 370 g/mol. The van der Waals surface area contributed by atoms with Crippen molar-refractivity contribution in [2.75, 3.05) is 13.7 Å². The molecule has 2 aromatic rings. The molecule has 24 heavy (non-hydrogen) atoms. The molecule has 0 aliphatic heterocycles. The van der Waals surface area contributed by atoms with Gasteiger partial charge in [-0.2, -0.15) is 0 Å². The molecule has 0 aliphatic rings. The Bertz CT molecular complexity index is 813. The second-order valence-electron chi connectivity index (χ2n) is 5.23. The number of nitrogens with one attached hydrogen (secondary N) is 1. The van der Waals surface area contributed by atoms with Crippen LogP contribution in [0.25, 0.3) is 0 Å². The zero-order valence-corrected chi connectivity index (χ0v) is 15.0. The van der Waals surface area contributed by atoms with E-state index in [-0.39, 0.29) is 23.8 Å². The number of carbonyl (C=O) groups is 1. The Morgan fingerprint density at radius 1 is 1.17 bits per heavy atom. The molecule has 0 spiro atoms. The molecule has 1 N–H and O–H groups in total. The van der Waals surface area contributed by atoms with Gasteiger partial charge in [-0.25, -0.2) is 13.1 Å². The van der Waals surface area contributed by atoms with Crippen LogP contribution in [-0.2, 0) is 39.4 Å². The molecule has 1 heterocycles. The minimum atomic E-state index is -3.57. The average molecular weight is 371 g/mol. The van der Waals surface area contributed by atoms with E-state index in [9.17, 15) is 13.2 Å². The van der Waals surface area contributed by atoms with E-state index in [4.69, 9.17) is 11.6 Å². The van der Waals surface area contributed by atoms with Gasteiger partial charge in [-0.3, -0.25) is 4.79 Å². The molecule has 0 amide bonds. The zero-order chi connectivity index (χ0) is 17.7. The molecule has 6 nitrogen and oxygen atoms in total. The first-order chi connectivity index (χ1) is 11.3. The fourth-order valence-electron chi connectivity index (χ4n) is 2.26. The van der Waals surface area contributed by atoms with Crippen LogP contribution in [0.3, 0.4) is 0 Å². The maximum absolute atomic E-state index is 12.2. The number of rotatable bonds is 7. The minimum absolute atomic E-state index is 0.171. The van der Waals surface area contributed by atoms with Crippen LogP contribution < -0.4 is 4.72 Å². The molecular weight excluding hydrogens is 352 g/mol. The van der Waals surface area contributed by atoms with Gasteiger partial charge in [0.25, 0.3) is 0 Å². The van der Waals surface area contributed by atoms with E-state index in [0.717, 1.165) is 11.4 Å². The fraction of sp³-hybridized carbons (Fsp3) is 0.312. The van der Waals surface area contributed by atoms with Crippen molar-refractivity contribution < 1.29 is 17.9 Å². The second kappa shape index (κ2) is 7.83. The molecule has 0 atom stereocenters. The summed E-state index contributed by atoms with van der Waals surface area (Å²) in [5.74, 6) is -0.314. The SMILES string of the molecule is COC(=O)Cc1ccc(CCNS(=O)(=O)c2ccc(Cl)cc2)n1C. The molecule has 0 radical (unpaired) electrons. The number of methoxy groups -OCH3 is 1. The minimum Gasteiger partial charge on any atom is -0.469 e. The van der Waals surface area contributed by atoms with Gasteiger partial charge in [0.2, 0.25) is 10.0 Å². The Labute approximate surface area is 146 Å². The third-order valence-corrected chi connectivity index (χ3v) is 5.41. The number of sulfonamides is 1. The number of esters is 1. The summed E-state index contributed by atoms with van der Waals surface area (Å²) >= 11 is 5.76. The average Bonchev–Trinajstić information content (AvgIpc) is 2.88. The maximum Gasteiger partial charge on any atom is 0.311 e. The lowest BCUT2D eigenvalue weighted by molar-refractivity contribution is -0.139. The van der Waals surface area contributed by atoms with Crippen LogP contribution in [0.2, 0.25) is 5.02 Å². The number of benzene rings is 1. The summed E-state index contributed by atoms with van der Waals surface area (Å²) in [7, 11) is -0.389. The Morgan fingerprint density at radius 2 is 1.79 bits per heavy atom. The van der Waals surface area contributed by atoms with Gasteiger partial charge < -0.3 is 9.30 Å². The third-order valence-electron chi connectivity index (χ3n) is 3.68. The molecule has 0 fully saturated rings. The summed E-state index contributed by atoms with van der Waals surface area (Å²) in [6.07, 6.45) is 0.688. The van der Waals surface area contributed by atoms with Crippen molar-refractivity contribution >= 4 is 27.6 Å². The van der Waals surface area contributed by atoms with Gasteiger partial charge in [0.15, 0.2) is 0 Å². The summed E-state index contributed by atoms with van der Waals surface area (Å²) in [4.78, 5) is 11.5. The smallest absolute Gasteiger partial charge is 0.311 e. The fourth-order valence-corrected chi connectivity index (χ4v) is 3.42. The molecule has 0 aliphatic carbocycles. The van der Waals surface area contributed by atoms with Gasteiger partial charge in [-0.05, 0) is 36.4 Å². The predicted octanol–water partition coefficient (Wildman–Crippen LogP) is 1.91. The van der Waals surface area contributed by atoms with Crippen LogP contribution in [0.15, 0.2) is 41.3 Å². The van der Waals surface area contributed by atoms with E-state index in [0.29, 0.717) is 11.4 Å². The van der Waals surface area contributed by atoms with Crippen molar-refractivity contribution in [3.05, 3.63) is 52.8 Å². The Kier molecular flexibility index (Phi) is 6.04. The van der Waals surface area contributed by atoms with Crippen molar-refractivity contribution in [3.63, 3.8) is 0 Å². The largest absolute Gasteiger partial charge is 0.469 e. The van der Waals surface area contributed by atoms with Gasteiger partial charge in [0.05, 0.1) is 18.4 Å². The summed E-state index contributed by atoms with van der Waals surface area (Å²) in [6, 6.07) is 9.69. The molecular formula is C16H19ClN2O4S. The van der Waals surface area contributed by atoms with Gasteiger partial charge in [0, 0.05) is 36.4 Å². The lowest BCUT2D eigenvalue weighted by atomic mass is 10.3. The summed E-state index contributed by atoms with van der Waals surface area (Å²) in [5.41, 5.74) is 1.74. The van der Waals surface area contributed by atoms with Crippen molar-refractivity contribution in [3.8, 4) is 0 Å². The standard InChI is InChI=1S/C16H19ClN2O4S/c1-19-13(5-6-14(19)11-16(20)23-2)9-10-18-24(21,22)15-7-3-12(17)4-8-15/h3-8,18H,9-11H2,1-2H3. The van der Waals surface area contributed by atoms with E-state index in [2.05, 4.69) is 9.46 Å². The number of halogens is 1. The van der Waals surface area contributed by atoms with Crippen molar-refractivity contribution in [1.29, 1.82) is 0 Å². The number of carbonyl (C=O) groups excluding carboxylic acids is 1. The van der Waals surface area contributed by atoms with Crippen LogP contribution in [0.1, 0.15) is 11.4 Å². The second-order valence-corrected chi connectivity index (χ2v) is 7.43. The van der Waals surface area contributed by atoms with Gasteiger partial charge in [0.1, 0.15) is 0 Å². The number of nitrogens with zero attached hydrogens (tertiary/aromatic N) is 1. The number of ether oxygens (including phenoxy) is 1. The van der Waals surface area contributed by atoms with Crippen molar-refractivity contribution in [2.45, 2.75) is 17.7 Å². The molecule has 8 heteroatoms. The zero-order valence-electron chi connectivity index (χ0n) is 13.5. The normalized spacial score (nSPS) is 11.5. The highest BCUT2D eigenvalue weighted by Gasteiger charge is 2.14.